The number of carbonyl (C=O) groups is 1. The fraction of sp³-hybridized carbons (Fsp3) is 0.966. The van der Waals surface area contributed by atoms with Gasteiger partial charge < -0.3 is 4.74 Å². The highest BCUT2D eigenvalue weighted by molar-refractivity contribution is 5.66. The largest absolute Gasteiger partial charge is 0.463 e. The van der Waals surface area contributed by atoms with Gasteiger partial charge in [-0.15, -0.1) is 0 Å². The van der Waals surface area contributed by atoms with Gasteiger partial charge in [0.2, 0.25) is 0 Å². The molecular formula is C29H50O2. The van der Waals surface area contributed by atoms with Crippen molar-refractivity contribution in [3.63, 3.8) is 0 Å². The lowest BCUT2D eigenvalue weighted by Crippen LogP contribution is -2.54. The molecule has 178 valence electrons. The molecule has 0 amide bonds. The molecule has 0 saturated heterocycles. The molecule has 0 bridgehead atoms. The fourth-order valence-corrected chi connectivity index (χ4v) is 9.59. The van der Waals surface area contributed by atoms with Crippen molar-refractivity contribution >= 4 is 5.97 Å². The van der Waals surface area contributed by atoms with Gasteiger partial charge in [-0.1, -0.05) is 53.9 Å². The Labute approximate surface area is 192 Å². The molecule has 2 nitrogen and oxygen atoms in total. The Balaban J connectivity index is 1.43. The van der Waals surface area contributed by atoms with Crippen molar-refractivity contribution in [3.8, 4) is 0 Å². The summed E-state index contributed by atoms with van der Waals surface area (Å²) in [7, 11) is 0. The van der Waals surface area contributed by atoms with E-state index in [1.54, 1.807) is 6.92 Å². The average molecular weight is 431 g/mol. The van der Waals surface area contributed by atoms with Crippen LogP contribution in [0, 0.1) is 52.3 Å². The molecule has 2 heteroatoms. The predicted molar refractivity (Wildman–Crippen MR) is 129 cm³/mol. The van der Waals surface area contributed by atoms with E-state index < -0.39 is 0 Å². The first-order valence-corrected chi connectivity index (χ1v) is 13.8. The maximum atomic E-state index is 11.5. The number of hydrogen-bond donors (Lipinski definition) is 0. The molecule has 4 rings (SSSR count). The van der Waals surface area contributed by atoms with Crippen molar-refractivity contribution in [1.29, 1.82) is 0 Å². The summed E-state index contributed by atoms with van der Waals surface area (Å²) >= 11 is 0. The molecule has 9 atom stereocenters. The molecule has 0 aromatic rings. The second kappa shape index (κ2) is 9.02. The number of ether oxygens (including phenoxy) is 1. The Morgan fingerprint density at radius 1 is 0.903 bits per heavy atom. The lowest BCUT2D eigenvalue weighted by Gasteiger charge is -2.61. The number of esters is 1. The highest BCUT2D eigenvalue weighted by Gasteiger charge is 2.60. The van der Waals surface area contributed by atoms with Crippen molar-refractivity contribution in [2.75, 3.05) is 0 Å². The third-order valence-corrected chi connectivity index (χ3v) is 11.2. The zero-order valence-electron chi connectivity index (χ0n) is 21.4. The molecule has 4 aliphatic carbocycles. The summed E-state index contributed by atoms with van der Waals surface area (Å²) in [5, 5.41) is 0. The first-order chi connectivity index (χ1) is 14.6. The van der Waals surface area contributed by atoms with Crippen LogP contribution in [0.25, 0.3) is 0 Å². The Hall–Kier alpha value is -0.530. The number of fused-ring (bicyclic) bond motifs is 5. The van der Waals surface area contributed by atoms with Gasteiger partial charge in [-0.25, -0.2) is 0 Å². The van der Waals surface area contributed by atoms with E-state index in [-0.39, 0.29) is 12.1 Å². The molecule has 0 aromatic heterocycles. The normalized spacial score (nSPS) is 45.5. The molecule has 0 spiro atoms. The smallest absolute Gasteiger partial charge is 0.302 e. The van der Waals surface area contributed by atoms with Crippen molar-refractivity contribution < 1.29 is 9.53 Å². The summed E-state index contributed by atoms with van der Waals surface area (Å²) in [4.78, 5) is 11.5. The topological polar surface area (TPSA) is 26.3 Å². The number of carbonyl (C=O) groups excluding carboxylic acids is 1. The predicted octanol–water partition coefficient (Wildman–Crippen LogP) is 8.04. The summed E-state index contributed by atoms with van der Waals surface area (Å²) in [5.74, 6) is 6.22. The SMILES string of the molecule is CC(=O)O[C@H]1CC[C@@]2(C)C(CC[C@H]3[C@@H]4CC[C@H]([C@H](C)CCCC(C)C)[C@@]4(C)CC[C@@H]32)C1. The van der Waals surface area contributed by atoms with Crippen LogP contribution in [0.2, 0.25) is 0 Å². The lowest BCUT2D eigenvalue weighted by atomic mass is 9.44. The monoisotopic (exact) mass is 430 g/mol. The van der Waals surface area contributed by atoms with E-state index in [1.807, 2.05) is 0 Å². The van der Waals surface area contributed by atoms with Crippen LogP contribution in [0.15, 0.2) is 0 Å². The standard InChI is InChI=1S/C29H50O2/c1-19(2)8-7-9-20(3)25-12-13-26-24-11-10-22-18-23(31-21(4)30)14-16-28(22,5)27(24)15-17-29(25,26)6/h19-20,22-27H,7-18H2,1-6H3/t20-,22?,23+,24+,25-,26+,27+,28+,29-/m1/s1. The molecule has 1 unspecified atom stereocenters. The van der Waals surface area contributed by atoms with E-state index in [4.69, 9.17) is 4.74 Å². The summed E-state index contributed by atoms with van der Waals surface area (Å²) in [6, 6.07) is 0. The van der Waals surface area contributed by atoms with E-state index in [2.05, 4.69) is 34.6 Å². The Kier molecular flexibility index (Phi) is 6.87. The lowest BCUT2D eigenvalue weighted by molar-refractivity contribution is -0.160. The van der Waals surface area contributed by atoms with Gasteiger partial charge in [0.1, 0.15) is 6.10 Å². The van der Waals surface area contributed by atoms with E-state index in [0.717, 1.165) is 54.3 Å². The minimum Gasteiger partial charge on any atom is -0.463 e. The molecule has 4 saturated carbocycles. The number of hydrogen-bond acceptors (Lipinski definition) is 2. The van der Waals surface area contributed by atoms with Crippen LogP contribution >= 0.6 is 0 Å². The first kappa shape index (κ1) is 23.6. The zero-order chi connectivity index (χ0) is 22.4. The van der Waals surface area contributed by atoms with Gasteiger partial charge in [-0.3, -0.25) is 4.79 Å². The van der Waals surface area contributed by atoms with Gasteiger partial charge in [-0.05, 0) is 110 Å². The van der Waals surface area contributed by atoms with Gasteiger partial charge in [0.05, 0.1) is 0 Å². The van der Waals surface area contributed by atoms with Gasteiger partial charge in [-0.2, -0.15) is 0 Å². The van der Waals surface area contributed by atoms with E-state index >= 15 is 0 Å². The van der Waals surface area contributed by atoms with Crippen LogP contribution < -0.4 is 0 Å². The summed E-state index contributed by atoms with van der Waals surface area (Å²) in [6.45, 7) is 14.2. The molecule has 4 fully saturated rings. The van der Waals surface area contributed by atoms with Gasteiger partial charge in [0.15, 0.2) is 0 Å². The van der Waals surface area contributed by atoms with Crippen LogP contribution in [0.5, 0.6) is 0 Å². The Morgan fingerprint density at radius 2 is 1.61 bits per heavy atom. The summed E-state index contributed by atoms with van der Waals surface area (Å²) in [6.07, 6.45) is 16.6. The van der Waals surface area contributed by atoms with Crippen molar-refractivity contribution in [1.82, 2.24) is 0 Å². The average Bonchev–Trinajstić information content (AvgIpc) is 3.05. The van der Waals surface area contributed by atoms with Crippen molar-refractivity contribution in [3.05, 3.63) is 0 Å². The van der Waals surface area contributed by atoms with Crippen molar-refractivity contribution in [2.24, 2.45) is 52.3 Å². The summed E-state index contributed by atoms with van der Waals surface area (Å²) in [5.41, 5.74) is 1.08. The third-order valence-electron chi connectivity index (χ3n) is 11.2. The van der Waals surface area contributed by atoms with Crippen molar-refractivity contribution in [2.45, 2.75) is 125 Å². The molecule has 0 aromatic carbocycles. The Bertz CT molecular complexity index is 641. The molecular weight excluding hydrogens is 380 g/mol. The summed E-state index contributed by atoms with van der Waals surface area (Å²) < 4.78 is 5.65. The molecule has 31 heavy (non-hydrogen) atoms. The Morgan fingerprint density at radius 3 is 2.32 bits per heavy atom. The number of rotatable bonds is 6. The van der Waals surface area contributed by atoms with E-state index in [9.17, 15) is 4.79 Å². The first-order valence-electron chi connectivity index (χ1n) is 13.8. The molecule has 4 aliphatic rings. The zero-order valence-corrected chi connectivity index (χ0v) is 21.4. The maximum Gasteiger partial charge on any atom is 0.302 e. The van der Waals surface area contributed by atoms with Crippen LogP contribution in [0.3, 0.4) is 0 Å². The minimum atomic E-state index is -0.0877. The van der Waals surface area contributed by atoms with Crippen LogP contribution in [-0.4, -0.2) is 12.1 Å². The van der Waals surface area contributed by atoms with Gasteiger partial charge in [0, 0.05) is 6.92 Å². The van der Waals surface area contributed by atoms with Crippen LogP contribution in [-0.2, 0) is 9.53 Å². The fourth-order valence-electron chi connectivity index (χ4n) is 9.59. The molecule has 0 N–H and O–H groups in total. The molecule has 0 radical (unpaired) electrons. The third kappa shape index (κ3) is 4.35. The van der Waals surface area contributed by atoms with Gasteiger partial charge >= 0.3 is 5.97 Å². The highest BCUT2D eigenvalue weighted by Crippen LogP contribution is 2.68. The minimum absolute atomic E-state index is 0.0877. The second-order valence-electron chi connectivity index (χ2n) is 13.2. The highest BCUT2D eigenvalue weighted by atomic mass is 16.5. The van der Waals surface area contributed by atoms with E-state index in [1.165, 1.54) is 64.2 Å². The molecule has 0 aliphatic heterocycles. The van der Waals surface area contributed by atoms with Crippen LogP contribution in [0.4, 0.5) is 0 Å². The molecule has 0 heterocycles. The van der Waals surface area contributed by atoms with Gasteiger partial charge in [0.25, 0.3) is 0 Å². The van der Waals surface area contributed by atoms with E-state index in [0.29, 0.717) is 10.8 Å². The second-order valence-corrected chi connectivity index (χ2v) is 13.2. The van der Waals surface area contributed by atoms with Crippen LogP contribution in [0.1, 0.15) is 119 Å². The maximum absolute atomic E-state index is 11.5. The quantitative estimate of drug-likeness (QED) is 0.398.